The Morgan fingerprint density at radius 3 is 2.46 bits per heavy atom. The molecule has 2 amide bonds. The third-order valence-corrected chi connectivity index (χ3v) is 4.55. The summed E-state index contributed by atoms with van der Waals surface area (Å²) in [5.41, 5.74) is 1.36. The molecule has 3 aromatic rings. The highest BCUT2D eigenvalue weighted by Gasteiger charge is 2.06. The van der Waals surface area contributed by atoms with Crippen molar-refractivity contribution in [3.8, 4) is 28.0 Å². The van der Waals surface area contributed by atoms with Gasteiger partial charge in [-0.05, 0) is 17.5 Å². The minimum atomic E-state index is -0.363. The van der Waals surface area contributed by atoms with Gasteiger partial charge in [0.25, 0.3) is 0 Å². The normalized spacial score (nSPS) is 10.2. The zero-order chi connectivity index (χ0) is 19.8. The second-order valence-electron chi connectivity index (χ2n) is 5.56. The molecule has 0 bridgehead atoms. The zero-order valence-corrected chi connectivity index (χ0v) is 16.3. The summed E-state index contributed by atoms with van der Waals surface area (Å²) in [6.07, 6.45) is 0. The molecule has 0 saturated heterocycles. The van der Waals surface area contributed by atoms with Crippen LogP contribution in [0.3, 0.4) is 0 Å². The van der Waals surface area contributed by atoms with E-state index in [1.54, 1.807) is 49.8 Å². The minimum Gasteiger partial charge on any atom is -0.497 e. The van der Waals surface area contributed by atoms with Gasteiger partial charge in [-0.25, -0.2) is 4.79 Å². The number of amides is 2. The van der Waals surface area contributed by atoms with Crippen molar-refractivity contribution in [2.24, 2.45) is 0 Å². The van der Waals surface area contributed by atoms with Crippen LogP contribution in [-0.4, -0.2) is 43.6 Å². The van der Waals surface area contributed by atoms with Gasteiger partial charge in [-0.1, -0.05) is 6.07 Å². The highest BCUT2D eigenvalue weighted by Crippen LogP contribution is 2.25. The molecule has 0 spiro atoms. The van der Waals surface area contributed by atoms with Gasteiger partial charge in [0.2, 0.25) is 5.88 Å². The maximum atomic E-state index is 12.0. The van der Waals surface area contributed by atoms with Gasteiger partial charge in [0.05, 0.1) is 25.6 Å². The second kappa shape index (κ2) is 9.56. The number of ether oxygens (including phenoxy) is 3. The third kappa shape index (κ3) is 5.34. The van der Waals surface area contributed by atoms with Gasteiger partial charge < -0.3 is 24.8 Å². The van der Waals surface area contributed by atoms with Crippen LogP contribution in [0.15, 0.2) is 47.8 Å². The number of nitrogens with one attached hydrogen (secondary N) is 2. The van der Waals surface area contributed by atoms with E-state index in [0.29, 0.717) is 29.6 Å². The molecule has 2 heterocycles. The fourth-order valence-corrected chi connectivity index (χ4v) is 3.02. The van der Waals surface area contributed by atoms with Crippen LogP contribution in [0.2, 0.25) is 0 Å². The summed E-state index contributed by atoms with van der Waals surface area (Å²) in [6, 6.07) is 12.3. The first kappa shape index (κ1) is 19.4. The Labute approximate surface area is 166 Å². The molecule has 0 aliphatic carbocycles. The molecule has 0 aliphatic heterocycles. The number of benzene rings is 1. The lowest BCUT2D eigenvalue weighted by Crippen LogP contribution is -2.32. The molecule has 0 radical (unpaired) electrons. The van der Waals surface area contributed by atoms with Gasteiger partial charge in [-0.15, -0.1) is 21.5 Å². The Morgan fingerprint density at radius 2 is 1.86 bits per heavy atom. The molecule has 0 atom stereocenters. The Kier molecular flexibility index (Phi) is 6.64. The van der Waals surface area contributed by atoms with E-state index in [9.17, 15) is 4.79 Å². The lowest BCUT2D eigenvalue weighted by atomic mass is 10.3. The molecule has 1 aromatic carbocycles. The van der Waals surface area contributed by atoms with E-state index in [1.165, 1.54) is 0 Å². The van der Waals surface area contributed by atoms with E-state index < -0.39 is 0 Å². The summed E-state index contributed by atoms with van der Waals surface area (Å²) in [4.78, 5) is 13.1. The van der Waals surface area contributed by atoms with Crippen LogP contribution in [0.25, 0.3) is 10.6 Å². The van der Waals surface area contributed by atoms with E-state index in [2.05, 4.69) is 20.8 Å². The van der Waals surface area contributed by atoms with E-state index in [4.69, 9.17) is 14.2 Å². The Morgan fingerprint density at radius 1 is 1.07 bits per heavy atom. The van der Waals surface area contributed by atoms with Crippen molar-refractivity contribution in [1.29, 1.82) is 0 Å². The Bertz CT molecular complexity index is 879. The molecule has 0 saturated carbocycles. The number of urea groups is 1. The van der Waals surface area contributed by atoms with E-state index in [1.807, 2.05) is 23.6 Å². The molecule has 2 N–H and O–H groups in total. The summed E-state index contributed by atoms with van der Waals surface area (Å²) >= 11 is 1.60. The molecule has 2 aromatic heterocycles. The maximum absolute atomic E-state index is 12.0. The maximum Gasteiger partial charge on any atom is 0.319 e. The highest BCUT2D eigenvalue weighted by atomic mass is 32.1. The average molecular weight is 400 g/mol. The first-order valence-electron chi connectivity index (χ1n) is 8.46. The number of aromatic nitrogens is 2. The predicted octanol–water partition coefficient (Wildman–Crippen LogP) is 3.42. The number of hydrogen-bond donors (Lipinski definition) is 2. The summed E-state index contributed by atoms with van der Waals surface area (Å²) in [7, 11) is 3.09. The van der Waals surface area contributed by atoms with Crippen molar-refractivity contribution in [2.45, 2.75) is 0 Å². The summed E-state index contributed by atoms with van der Waals surface area (Å²) in [5, 5.41) is 15.6. The number of anilines is 1. The van der Waals surface area contributed by atoms with Crippen molar-refractivity contribution in [1.82, 2.24) is 15.5 Å². The lowest BCUT2D eigenvalue weighted by molar-refractivity contribution is 0.246. The standard InChI is InChI=1S/C19H20N4O4S/c1-25-14-10-13(11-15(12-14)26-2)21-19(24)20-7-8-27-18-6-5-16(22-23-18)17-4-3-9-28-17/h3-6,9-12H,7-8H2,1-2H3,(H2,20,21,24). The van der Waals surface area contributed by atoms with Gasteiger partial charge in [-0.2, -0.15) is 0 Å². The topological polar surface area (TPSA) is 94.6 Å². The van der Waals surface area contributed by atoms with Gasteiger partial charge in [0.15, 0.2) is 0 Å². The van der Waals surface area contributed by atoms with Crippen LogP contribution in [-0.2, 0) is 0 Å². The first-order valence-corrected chi connectivity index (χ1v) is 9.34. The number of hydrogen-bond acceptors (Lipinski definition) is 7. The molecule has 146 valence electrons. The Hall–Kier alpha value is -3.33. The number of rotatable bonds is 8. The highest BCUT2D eigenvalue weighted by molar-refractivity contribution is 7.13. The van der Waals surface area contributed by atoms with Crippen LogP contribution in [0.1, 0.15) is 0 Å². The summed E-state index contributed by atoms with van der Waals surface area (Å²) in [6.45, 7) is 0.573. The van der Waals surface area contributed by atoms with Crippen LogP contribution in [0.4, 0.5) is 10.5 Å². The van der Waals surface area contributed by atoms with Gasteiger partial charge in [0, 0.05) is 30.0 Å². The largest absolute Gasteiger partial charge is 0.497 e. The van der Waals surface area contributed by atoms with Crippen molar-refractivity contribution >= 4 is 23.1 Å². The van der Waals surface area contributed by atoms with Crippen LogP contribution in [0, 0.1) is 0 Å². The van der Waals surface area contributed by atoms with Crippen LogP contribution < -0.4 is 24.8 Å². The number of carbonyl (C=O) groups excluding carboxylic acids is 1. The third-order valence-electron chi connectivity index (χ3n) is 3.66. The number of methoxy groups -OCH3 is 2. The number of carbonyl (C=O) groups is 1. The zero-order valence-electron chi connectivity index (χ0n) is 15.5. The fraction of sp³-hybridized carbons (Fsp3) is 0.211. The van der Waals surface area contributed by atoms with E-state index in [-0.39, 0.29) is 12.6 Å². The molecule has 9 heteroatoms. The summed E-state index contributed by atoms with van der Waals surface area (Å²) < 4.78 is 15.8. The first-order chi connectivity index (χ1) is 13.7. The summed E-state index contributed by atoms with van der Waals surface area (Å²) in [5.74, 6) is 1.57. The smallest absolute Gasteiger partial charge is 0.319 e. The van der Waals surface area contributed by atoms with Crippen molar-refractivity contribution in [3.05, 3.63) is 47.8 Å². The minimum absolute atomic E-state index is 0.266. The Balaban J connectivity index is 1.43. The monoisotopic (exact) mass is 400 g/mol. The van der Waals surface area contributed by atoms with E-state index >= 15 is 0 Å². The molecule has 0 fully saturated rings. The van der Waals surface area contributed by atoms with E-state index in [0.717, 1.165) is 10.6 Å². The quantitative estimate of drug-likeness (QED) is 0.563. The number of thiophene rings is 1. The van der Waals surface area contributed by atoms with Gasteiger partial charge in [-0.3, -0.25) is 0 Å². The molecule has 8 nitrogen and oxygen atoms in total. The van der Waals surface area contributed by atoms with Crippen LogP contribution >= 0.6 is 11.3 Å². The molecular formula is C19H20N4O4S. The molecule has 0 unspecified atom stereocenters. The average Bonchev–Trinajstić information content (AvgIpc) is 3.26. The molecular weight excluding hydrogens is 380 g/mol. The molecule has 3 rings (SSSR count). The number of nitrogens with zero attached hydrogens (tertiary/aromatic N) is 2. The predicted molar refractivity (Wildman–Crippen MR) is 107 cm³/mol. The SMILES string of the molecule is COc1cc(NC(=O)NCCOc2ccc(-c3cccs3)nn2)cc(OC)c1. The molecule has 28 heavy (non-hydrogen) atoms. The molecule has 0 aliphatic rings. The van der Waals surface area contributed by atoms with Gasteiger partial charge >= 0.3 is 6.03 Å². The van der Waals surface area contributed by atoms with Gasteiger partial charge in [0.1, 0.15) is 23.8 Å². The second-order valence-corrected chi connectivity index (χ2v) is 6.51. The van der Waals surface area contributed by atoms with Crippen molar-refractivity contribution in [3.63, 3.8) is 0 Å². The fourth-order valence-electron chi connectivity index (χ4n) is 2.33. The van der Waals surface area contributed by atoms with Crippen molar-refractivity contribution in [2.75, 3.05) is 32.7 Å². The van der Waals surface area contributed by atoms with Crippen molar-refractivity contribution < 1.29 is 19.0 Å². The lowest BCUT2D eigenvalue weighted by Gasteiger charge is -2.11. The van der Waals surface area contributed by atoms with Crippen LogP contribution in [0.5, 0.6) is 17.4 Å².